The van der Waals surface area contributed by atoms with E-state index in [0.29, 0.717) is 17.3 Å². The summed E-state index contributed by atoms with van der Waals surface area (Å²) in [6.07, 6.45) is 4.75. The SMILES string of the molecule is CCCCCCC[C@@H](O)[C@H](CC(F)(F)P(=O)([O-])OCC[N+](C)(C)C)NC(=O)CCCCC. The molecular weight excluding hydrogens is 441 g/mol. The Bertz CT molecular complexity index is 573. The average molecular weight is 487 g/mol. The Labute approximate surface area is 193 Å². The second-order valence-electron chi connectivity index (χ2n) is 9.62. The van der Waals surface area contributed by atoms with Gasteiger partial charge in [0.25, 0.3) is 0 Å². The van der Waals surface area contributed by atoms with Gasteiger partial charge >= 0.3 is 5.66 Å². The third-order valence-corrected chi connectivity index (χ3v) is 6.82. The largest absolute Gasteiger partial charge is 0.774 e. The van der Waals surface area contributed by atoms with Crippen LogP contribution in [0.4, 0.5) is 8.78 Å². The van der Waals surface area contributed by atoms with Gasteiger partial charge in [0.1, 0.15) is 13.2 Å². The molecule has 1 amide bonds. The zero-order valence-electron chi connectivity index (χ0n) is 20.6. The molecule has 0 fully saturated rings. The van der Waals surface area contributed by atoms with E-state index in [0.717, 1.165) is 38.5 Å². The minimum absolute atomic E-state index is 0.147. The third kappa shape index (κ3) is 13.8. The van der Waals surface area contributed by atoms with Crippen LogP contribution in [0.2, 0.25) is 0 Å². The Hall–Kier alpha value is -0.600. The van der Waals surface area contributed by atoms with Crippen molar-refractivity contribution in [3.05, 3.63) is 0 Å². The van der Waals surface area contributed by atoms with Gasteiger partial charge in [0.05, 0.1) is 33.3 Å². The average Bonchev–Trinajstić information content (AvgIpc) is 2.65. The topological polar surface area (TPSA) is 98.7 Å². The molecule has 0 bridgehead atoms. The lowest BCUT2D eigenvalue weighted by atomic mass is 10.00. The van der Waals surface area contributed by atoms with Crippen LogP contribution in [0.15, 0.2) is 0 Å². The Morgan fingerprint density at radius 1 is 1.09 bits per heavy atom. The van der Waals surface area contributed by atoms with E-state index in [-0.39, 0.29) is 26.0 Å². The summed E-state index contributed by atoms with van der Waals surface area (Å²) in [6, 6.07) is -1.37. The Morgan fingerprint density at radius 2 is 1.66 bits per heavy atom. The van der Waals surface area contributed by atoms with E-state index in [2.05, 4.69) is 16.8 Å². The molecule has 7 nitrogen and oxygen atoms in total. The van der Waals surface area contributed by atoms with E-state index in [9.17, 15) is 28.1 Å². The van der Waals surface area contributed by atoms with Crippen molar-refractivity contribution in [1.82, 2.24) is 5.32 Å². The molecule has 0 aliphatic rings. The van der Waals surface area contributed by atoms with Crippen molar-refractivity contribution in [2.45, 2.75) is 102 Å². The normalized spacial score (nSPS) is 16.4. The fraction of sp³-hybridized carbons (Fsp3) is 0.955. The number of halogens is 2. The fourth-order valence-corrected chi connectivity index (χ4v) is 4.09. The number of rotatable bonds is 19. The van der Waals surface area contributed by atoms with Crippen LogP contribution in [0.25, 0.3) is 0 Å². The van der Waals surface area contributed by atoms with Gasteiger partial charge in [-0.1, -0.05) is 58.8 Å². The van der Waals surface area contributed by atoms with Crippen LogP contribution in [0.1, 0.15) is 84.5 Å². The highest BCUT2D eigenvalue weighted by Gasteiger charge is 2.46. The molecule has 0 aromatic rings. The van der Waals surface area contributed by atoms with E-state index in [1.807, 2.05) is 6.92 Å². The van der Waals surface area contributed by atoms with Gasteiger partial charge in [-0.25, -0.2) is 0 Å². The van der Waals surface area contributed by atoms with Crippen LogP contribution in [0.5, 0.6) is 0 Å². The number of likely N-dealkylation sites (N-methyl/N-ethyl adjacent to an activating group) is 1. The number of carbonyl (C=O) groups excluding carboxylic acids is 1. The van der Waals surface area contributed by atoms with Crippen molar-refractivity contribution in [3.8, 4) is 0 Å². The van der Waals surface area contributed by atoms with Crippen LogP contribution in [0.3, 0.4) is 0 Å². The molecule has 192 valence electrons. The highest BCUT2D eigenvalue weighted by Crippen LogP contribution is 2.56. The quantitative estimate of drug-likeness (QED) is 0.163. The summed E-state index contributed by atoms with van der Waals surface area (Å²) < 4.78 is 46.6. The lowest BCUT2D eigenvalue weighted by molar-refractivity contribution is -0.870. The van der Waals surface area contributed by atoms with Gasteiger partial charge in [0, 0.05) is 12.8 Å². The number of carbonyl (C=O) groups is 1. The number of hydrogen-bond donors (Lipinski definition) is 2. The number of aliphatic hydroxyl groups excluding tert-OH is 1. The molecule has 0 aromatic heterocycles. The lowest BCUT2D eigenvalue weighted by Crippen LogP contribution is -2.47. The standard InChI is InChI=1S/C22H45F2N2O5P/c1-6-8-10-11-13-14-20(27)19(25-21(28)15-12-9-7-2)18-22(23,24)32(29,30)31-17-16-26(3,4)5/h19-20,27H,6-18H2,1-5H3,(H-,25,28,29,30)/t19-,20+/m0/s1. The molecule has 0 spiro atoms. The summed E-state index contributed by atoms with van der Waals surface area (Å²) in [5, 5.41) is 13.0. The Morgan fingerprint density at radius 3 is 2.22 bits per heavy atom. The zero-order valence-corrected chi connectivity index (χ0v) is 21.5. The van der Waals surface area contributed by atoms with Gasteiger partial charge in [0.15, 0.2) is 0 Å². The van der Waals surface area contributed by atoms with E-state index in [1.54, 1.807) is 21.1 Å². The summed E-state index contributed by atoms with van der Waals surface area (Å²) >= 11 is 0. The van der Waals surface area contributed by atoms with Crippen LogP contribution < -0.4 is 10.2 Å². The molecule has 0 aliphatic carbocycles. The van der Waals surface area contributed by atoms with Crippen molar-refractivity contribution in [2.75, 3.05) is 34.3 Å². The van der Waals surface area contributed by atoms with Crippen molar-refractivity contribution in [1.29, 1.82) is 0 Å². The van der Waals surface area contributed by atoms with Crippen LogP contribution in [0, 0.1) is 0 Å². The van der Waals surface area contributed by atoms with E-state index in [4.69, 9.17) is 0 Å². The van der Waals surface area contributed by atoms with E-state index >= 15 is 0 Å². The molecular formula is C22H45F2N2O5P. The van der Waals surface area contributed by atoms with Crippen molar-refractivity contribution in [3.63, 3.8) is 0 Å². The smallest absolute Gasteiger partial charge is 0.311 e. The molecule has 0 aromatic carbocycles. The molecule has 10 heteroatoms. The fourth-order valence-electron chi connectivity index (χ4n) is 3.16. The van der Waals surface area contributed by atoms with Gasteiger partial charge in [-0.2, -0.15) is 8.78 Å². The molecule has 0 radical (unpaired) electrons. The summed E-state index contributed by atoms with van der Waals surface area (Å²) in [6.45, 7) is 3.92. The number of quaternary nitrogens is 1. The van der Waals surface area contributed by atoms with Gasteiger partial charge < -0.3 is 28.9 Å². The number of alkyl halides is 2. The van der Waals surface area contributed by atoms with Crippen LogP contribution >= 0.6 is 7.60 Å². The van der Waals surface area contributed by atoms with Crippen molar-refractivity contribution < 1.29 is 37.1 Å². The second-order valence-corrected chi connectivity index (χ2v) is 11.5. The van der Waals surface area contributed by atoms with E-state index < -0.39 is 37.7 Å². The summed E-state index contributed by atoms with van der Waals surface area (Å²) in [5.74, 6) is -0.462. The minimum Gasteiger partial charge on any atom is -0.774 e. The molecule has 3 atom stereocenters. The number of nitrogens with one attached hydrogen (secondary N) is 1. The Kier molecular flexibility index (Phi) is 15.0. The minimum atomic E-state index is -5.54. The number of nitrogens with zero attached hydrogens (tertiary/aromatic N) is 1. The van der Waals surface area contributed by atoms with Crippen LogP contribution in [-0.2, 0) is 13.9 Å². The molecule has 0 heterocycles. The number of unbranched alkanes of at least 4 members (excludes halogenated alkanes) is 6. The molecule has 1 unspecified atom stereocenters. The lowest BCUT2D eigenvalue weighted by Gasteiger charge is -2.36. The maximum atomic E-state index is 14.7. The zero-order chi connectivity index (χ0) is 24.8. The number of hydrogen-bond acceptors (Lipinski definition) is 5. The molecule has 0 saturated heterocycles. The molecule has 32 heavy (non-hydrogen) atoms. The number of amides is 1. The first-order valence-corrected chi connectivity index (χ1v) is 13.4. The monoisotopic (exact) mass is 486 g/mol. The highest BCUT2D eigenvalue weighted by atomic mass is 31.2. The predicted octanol–water partition coefficient (Wildman–Crippen LogP) is 4.03. The number of aliphatic hydroxyl groups is 1. The summed E-state index contributed by atoms with van der Waals surface area (Å²) in [5.41, 5.74) is -4.21. The molecule has 2 N–H and O–H groups in total. The summed E-state index contributed by atoms with van der Waals surface area (Å²) in [4.78, 5) is 24.4. The maximum Gasteiger partial charge on any atom is 0.311 e. The summed E-state index contributed by atoms with van der Waals surface area (Å²) in [7, 11) is -0.171. The maximum absolute atomic E-state index is 14.7. The van der Waals surface area contributed by atoms with Crippen molar-refractivity contribution in [2.24, 2.45) is 0 Å². The van der Waals surface area contributed by atoms with Gasteiger partial charge in [-0.15, -0.1) is 0 Å². The van der Waals surface area contributed by atoms with Crippen LogP contribution in [-0.4, -0.2) is 67.6 Å². The Balaban J connectivity index is 5.14. The van der Waals surface area contributed by atoms with Gasteiger partial charge in [0.2, 0.25) is 13.5 Å². The second kappa shape index (κ2) is 15.3. The first-order chi connectivity index (χ1) is 14.8. The first kappa shape index (κ1) is 31.4. The first-order valence-electron chi connectivity index (χ1n) is 11.9. The predicted molar refractivity (Wildman–Crippen MR) is 121 cm³/mol. The van der Waals surface area contributed by atoms with E-state index in [1.165, 1.54) is 0 Å². The highest BCUT2D eigenvalue weighted by molar-refractivity contribution is 7.52. The molecule has 0 aliphatic heterocycles. The van der Waals surface area contributed by atoms with Gasteiger partial charge in [-0.3, -0.25) is 4.79 Å². The van der Waals surface area contributed by atoms with Gasteiger partial charge in [-0.05, 0) is 12.8 Å². The van der Waals surface area contributed by atoms with Crippen molar-refractivity contribution >= 4 is 13.5 Å². The third-order valence-electron chi connectivity index (χ3n) is 5.31. The molecule has 0 rings (SSSR count). The molecule has 0 saturated carbocycles.